The maximum absolute atomic E-state index is 12.0. The predicted octanol–water partition coefficient (Wildman–Crippen LogP) is 4.52. The molecule has 0 saturated carbocycles. The molecule has 0 aliphatic carbocycles. The summed E-state index contributed by atoms with van der Waals surface area (Å²) in [6.07, 6.45) is 1.40. The molecule has 1 saturated heterocycles. The summed E-state index contributed by atoms with van der Waals surface area (Å²) in [6.45, 7) is -0.668. The van der Waals surface area contributed by atoms with Gasteiger partial charge in [0.15, 0.2) is 13.2 Å². The highest BCUT2D eigenvalue weighted by Gasteiger charge is 2.18. The summed E-state index contributed by atoms with van der Waals surface area (Å²) >= 11 is 9.34. The van der Waals surface area contributed by atoms with E-state index in [0.29, 0.717) is 26.1 Å². The van der Waals surface area contributed by atoms with E-state index in [4.69, 9.17) is 14.6 Å². The van der Waals surface area contributed by atoms with Crippen molar-refractivity contribution in [1.82, 2.24) is 5.43 Å². The van der Waals surface area contributed by atoms with Crippen molar-refractivity contribution < 1.29 is 24.2 Å². The number of rotatable bonds is 9. The number of carboxylic acids is 1. The first-order valence-corrected chi connectivity index (χ1v) is 13.0. The van der Waals surface area contributed by atoms with Crippen LogP contribution in [0.5, 0.6) is 11.5 Å². The molecule has 0 atom stereocenters. The molecule has 0 bridgehead atoms. The van der Waals surface area contributed by atoms with E-state index in [9.17, 15) is 9.59 Å². The van der Waals surface area contributed by atoms with Crippen LogP contribution in [-0.4, -0.2) is 47.9 Å². The topological polar surface area (TPSA) is 97.2 Å². The Morgan fingerprint density at radius 2 is 1.90 bits per heavy atom. The van der Waals surface area contributed by atoms with E-state index in [-0.39, 0.29) is 6.61 Å². The summed E-state index contributed by atoms with van der Waals surface area (Å²) in [4.78, 5) is 22.8. The molecule has 0 unspecified atom stereocenters. The molecular formula is C20H18BrIN2O5S2. The molecule has 164 valence electrons. The van der Waals surface area contributed by atoms with Gasteiger partial charge in [-0.2, -0.15) is 5.10 Å². The molecule has 0 aromatic heterocycles. The predicted molar refractivity (Wildman–Crippen MR) is 135 cm³/mol. The Labute approximate surface area is 210 Å². The molecule has 1 aliphatic heterocycles. The highest BCUT2D eigenvalue weighted by molar-refractivity contribution is 14.1. The SMILES string of the molecule is O=C(O)COc1c(Br)cc(I)cc1/C=N\NC(=O)COc1ccc(C2SCCS2)cc1. The number of ether oxygens (including phenoxy) is 2. The number of nitrogens with one attached hydrogen (secondary N) is 1. The van der Waals surface area contributed by atoms with Gasteiger partial charge in [-0.3, -0.25) is 4.79 Å². The molecule has 11 heteroatoms. The number of hydrazone groups is 1. The van der Waals surface area contributed by atoms with Gasteiger partial charge in [0.2, 0.25) is 0 Å². The minimum Gasteiger partial charge on any atom is -0.484 e. The number of aliphatic carboxylic acids is 1. The lowest BCUT2D eigenvalue weighted by Gasteiger charge is -2.10. The molecule has 1 amide bonds. The highest BCUT2D eigenvalue weighted by atomic mass is 127. The van der Waals surface area contributed by atoms with E-state index >= 15 is 0 Å². The van der Waals surface area contributed by atoms with E-state index in [2.05, 4.69) is 49.0 Å². The summed E-state index contributed by atoms with van der Waals surface area (Å²) < 4.78 is 12.8. The number of thioether (sulfide) groups is 2. The van der Waals surface area contributed by atoms with Crippen molar-refractivity contribution in [1.29, 1.82) is 0 Å². The van der Waals surface area contributed by atoms with Gasteiger partial charge in [-0.25, -0.2) is 10.2 Å². The number of carboxylic acid groups (broad SMARTS) is 1. The quantitative estimate of drug-likeness (QED) is 0.237. The molecule has 2 aromatic carbocycles. The van der Waals surface area contributed by atoms with Crippen molar-refractivity contribution in [3.05, 3.63) is 55.6 Å². The van der Waals surface area contributed by atoms with Gasteiger partial charge in [0.1, 0.15) is 11.5 Å². The molecule has 0 spiro atoms. The van der Waals surface area contributed by atoms with Crippen LogP contribution in [0.25, 0.3) is 0 Å². The second-order valence-corrected chi connectivity index (χ2v) is 11.0. The van der Waals surface area contributed by atoms with E-state index in [1.165, 1.54) is 23.3 Å². The minimum atomic E-state index is -1.09. The maximum atomic E-state index is 12.0. The minimum absolute atomic E-state index is 0.179. The van der Waals surface area contributed by atoms with Gasteiger partial charge >= 0.3 is 5.97 Å². The largest absolute Gasteiger partial charge is 0.484 e. The van der Waals surface area contributed by atoms with Crippen molar-refractivity contribution in [2.24, 2.45) is 5.10 Å². The second kappa shape index (κ2) is 12.0. The molecule has 7 nitrogen and oxygen atoms in total. The number of amides is 1. The van der Waals surface area contributed by atoms with Crippen molar-refractivity contribution in [3.63, 3.8) is 0 Å². The Kier molecular flexibility index (Phi) is 9.35. The Bertz CT molecular complexity index is 969. The first-order chi connectivity index (χ1) is 14.9. The molecule has 0 radical (unpaired) electrons. The van der Waals surface area contributed by atoms with Gasteiger partial charge in [-0.1, -0.05) is 12.1 Å². The van der Waals surface area contributed by atoms with Crippen molar-refractivity contribution in [2.45, 2.75) is 4.58 Å². The zero-order valence-electron chi connectivity index (χ0n) is 16.0. The smallest absolute Gasteiger partial charge is 0.341 e. The van der Waals surface area contributed by atoms with Gasteiger partial charge < -0.3 is 14.6 Å². The maximum Gasteiger partial charge on any atom is 0.341 e. The van der Waals surface area contributed by atoms with Gasteiger partial charge in [0.25, 0.3) is 5.91 Å². The van der Waals surface area contributed by atoms with Crippen LogP contribution in [0, 0.1) is 3.57 Å². The Balaban J connectivity index is 1.52. The third-order valence-electron chi connectivity index (χ3n) is 3.91. The first kappa shape index (κ1) is 24.2. The lowest BCUT2D eigenvalue weighted by Crippen LogP contribution is -2.24. The molecule has 31 heavy (non-hydrogen) atoms. The average molecular weight is 637 g/mol. The fourth-order valence-electron chi connectivity index (χ4n) is 2.59. The molecule has 2 N–H and O–H groups in total. The zero-order valence-corrected chi connectivity index (χ0v) is 21.4. The average Bonchev–Trinajstić information content (AvgIpc) is 3.26. The van der Waals surface area contributed by atoms with Gasteiger partial charge in [-0.15, -0.1) is 23.5 Å². The first-order valence-electron chi connectivity index (χ1n) is 9.04. The number of hydrogen-bond donors (Lipinski definition) is 2. The Morgan fingerprint density at radius 1 is 1.19 bits per heavy atom. The number of carbonyl (C=O) groups excluding carboxylic acids is 1. The normalized spacial score (nSPS) is 14.0. The van der Waals surface area contributed by atoms with Crippen LogP contribution in [0.3, 0.4) is 0 Å². The molecule has 2 aromatic rings. The van der Waals surface area contributed by atoms with Crippen LogP contribution < -0.4 is 14.9 Å². The summed E-state index contributed by atoms with van der Waals surface area (Å²) in [5.74, 6) is 1.77. The van der Waals surface area contributed by atoms with E-state index in [1.807, 2.05) is 47.8 Å². The number of benzene rings is 2. The summed E-state index contributed by atoms with van der Waals surface area (Å²) in [7, 11) is 0. The Hall–Kier alpha value is -1.44. The molecule has 1 heterocycles. The molecule has 1 aliphatic rings. The lowest BCUT2D eigenvalue weighted by molar-refractivity contribution is -0.139. The van der Waals surface area contributed by atoms with E-state index in [0.717, 1.165) is 3.57 Å². The fraction of sp³-hybridized carbons (Fsp3) is 0.250. The summed E-state index contributed by atoms with van der Waals surface area (Å²) in [5, 5.41) is 12.8. The van der Waals surface area contributed by atoms with Crippen LogP contribution in [-0.2, 0) is 9.59 Å². The van der Waals surface area contributed by atoms with Gasteiger partial charge in [-0.05, 0) is 68.3 Å². The number of nitrogens with zero attached hydrogens (tertiary/aromatic N) is 1. The Morgan fingerprint density at radius 3 is 2.58 bits per heavy atom. The number of hydrogen-bond acceptors (Lipinski definition) is 7. The van der Waals surface area contributed by atoms with Crippen LogP contribution in [0.1, 0.15) is 15.7 Å². The number of carbonyl (C=O) groups is 2. The third kappa shape index (κ3) is 7.58. The van der Waals surface area contributed by atoms with Crippen molar-refractivity contribution in [3.8, 4) is 11.5 Å². The van der Waals surface area contributed by atoms with Gasteiger partial charge in [0.05, 0.1) is 15.3 Å². The molecule has 1 fully saturated rings. The van der Waals surface area contributed by atoms with Crippen LogP contribution in [0.15, 0.2) is 46.0 Å². The molecular weight excluding hydrogens is 619 g/mol. The van der Waals surface area contributed by atoms with Crippen LogP contribution in [0.4, 0.5) is 0 Å². The second-order valence-electron chi connectivity index (χ2n) is 6.21. The van der Waals surface area contributed by atoms with Crippen molar-refractivity contribution in [2.75, 3.05) is 24.7 Å². The number of halogens is 2. The van der Waals surface area contributed by atoms with Crippen molar-refractivity contribution >= 4 is 80.1 Å². The monoisotopic (exact) mass is 636 g/mol. The lowest BCUT2D eigenvalue weighted by atomic mass is 10.2. The fourth-order valence-corrected chi connectivity index (χ4v) is 7.11. The highest BCUT2D eigenvalue weighted by Crippen LogP contribution is 2.45. The van der Waals surface area contributed by atoms with Gasteiger partial charge in [0, 0.05) is 20.6 Å². The third-order valence-corrected chi connectivity index (χ3v) is 8.23. The van der Waals surface area contributed by atoms with Crippen LogP contribution >= 0.6 is 62.0 Å². The van der Waals surface area contributed by atoms with E-state index in [1.54, 1.807) is 12.1 Å². The summed E-state index contributed by atoms with van der Waals surface area (Å²) in [5.41, 5.74) is 4.17. The van der Waals surface area contributed by atoms with E-state index < -0.39 is 18.5 Å². The summed E-state index contributed by atoms with van der Waals surface area (Å²) in [6, 6.07) is 11.3. The molecule has 3 rings (SSSR count). The zero-order chi connectivity index (χ0) is 22.2. The standard InChI is InChI=1S/C20H18BrIN2O5S2/c21-16-8-14(22)7-13(19(16)29-11-18(26)27)9-23-24-17(25)10-28-15-3-1-12(2-4-15)20-30-5-6-31-20/h1-4,7-9,20H,5-6,10-11H2,(H,24,25)(H,26,27)/b23-9-. The van der Waals surface area contributed by atoms with Crippen LogP contribution in [0.2, 0.25) is 0 Å².